The highest BCUT2D eigenvalue weighted by Gasteiger charge is 2.53. The van der Waals surface area contributed by atoms with Gasteiger partial charge in [0, 0.05) is 15.2 Å². The zero-order chi connectivity index (χ0) is 13.8. The second-order valence-electron chi connectivity index (χ2n) is 6.75. The minimum atomic E-state index is -0.0192. The molecule has 1 saturated carbocycles. The minimum Gasteiger partial charge on any atom is -0.487 e. The Kier molecular flexibility index (Phi) is 3.29. The lowest BCUT2D eigenvalue weighted by Crippen LogP contribution is -2.57. The molecule has 1 heterocycles. The molecule has 1 aliphatic heterocycles. The van der Waals surface area contributed by atoms with Crippen LogP contribution in [0.4, 0.5) is 0 Å². The van der Waals surface area contributed by atoms with E-state index in [2.05, 4.69) is 70.8 Å². The van der Waals surface area contributed by atoms with Crippen LogP contribution in [0, 0.1) is 11.3 Å². The van der Waals surface area contributed by atoms with Crippen molar-refractivity contribution in [3.05, 3.63) is 28.2 Å². The summed E-state index contributed by atoms with van der Waals surface area (Å²) in [6.07, 6.45) is 3.43. The lowest BCUT2D eigenvalue weighted by molar-refractivity contribution is -0.0772. The Balaban J connectivity index is 2.04. The van der Waals surface area contributed by atoms with Crippen molar-refractivity contribution in [1.82, 2.24) is 0 Å². The van der Waals surface area contributed by atoms with Crippen LogP contribution in [0.15, 0.2) is 22.7 Å². The van der Waals surface area contributed by atoms with E-state index in [0.29, 0.717) is 10.7 Å². The average Bonchev–Trinajstić information content (AvgIpc) is 2.34. The third-order valence-corrected chi connectivity index (χ3v) is 7.26. The summed E-state index contributed by atoms with van der Waals surface area (Å²) in [7, 11) is 0. The smallest absolute Gasteiger partial charge is 0.123 e. The SMILES string of the molecule is CC1(C)[C@@H](Br)CC[C@]2(C)Oc3ccc(Br)cc3C[C@@H]12. The fourth-order valence-electron chi connectivity index (χ4n) is 3.84. The van der Waals surface area contributed by atoms with E-state index >= 15 is 0 Å². The fraction of sp³-hybridized carbons (Fsp3) is 0.625. The maximum absolute atomic E-state index is 6.42. The minimum absolute atomic E-state index is 0.0192. The zero-order valence-corrected chi connectivity index (χ0v) is 14.8. The molecule has 0 bridgehead atoms. The predicted molar refractivity (Wildman–Crippen MR) is 86.1 cm³/mol. The molecule has 104 valence electrons. The summed E-state index contributed by atoms with van der Waals surface area (Å²) in [5, 5.41) is 0. The van der Waals surface area contributed by atoms with E-state index in [4.69, 9.17) is 4.74 Å². The summed E-state index contributed by atoms with van der Waals surface area (Å²) in [4.78, 5) is 0.579. The summed E-state index contributed by atoms with van der Waals surface area (Å²) in [5.41, 5.74) is 1.58. The van der Waals surface area contributed by atoms with Gasteiger partial charge in [-0.3, -0.25) is 0 Å². The maximum atomic E-state index is 6.42. The van der Waals surface area contributed by atoms with Crippen molar-refractivity contribution in [3.8, 4) is 5.75 Å². The Morgan fingerprint density at radius 2 is 2.00 bits per heavy atom. The van der Waals surface area contributed by atoms with E-state index in [1.165, 1.54) is 12.0 Å². The first-order valence-corrected chi connectivity index (χ1v) is 8.65. The van der Waals surface area contributed by atoms with Gasteiger partial charge in [0.25, 0.3) is 0 Å². The highest BCUT2D eigenvalue weighted by Crippen LogP contribution is 2.55. The van der Waals surface area contributed by atoms with Crippen molar-refractivity contribution in [3.63, 3.8) is 0 Å². The Morgan fingerprint density at radius 3 is 2.74 bits per heavy atom. The first-order chi connectivity index (χ1) is 8.83. The van der Waals surface area contributed by atoms with Crippen LogP contribution in [-0.2, 0) is 6.42 Å². The van der Waals surface area contributed by atoms with Gasteiger partial charge in [-0.2, -0.15) is 0 Å². The van der Waals surface area contributed by atoms with E-state index in [0.717, 1.165) is 23.1 Å². The van der Waals surface area contributed by atoms with Gasteiger partial charge in [0.15, 0.2) is 0 Å². The Hall–Kier alpha value is -0.0200. The normalized spacial score (nSPS) is 36.1. The Morgan fingerprint density at radius 1 is 1.26 bits per heavy atom. The largest absolute Gasteiger partial charge is 0.487 e. The molecule has 0 N–H and O–H groups in total. The second kappa shape index (κ2) is 4.49. The molecule has 0 aromatic heterocycles. The standard InChI is InChI=1S/C16H20Br2O/c1-15(2)13-9-10-8-11(17)4-5-12(10)19-16(13,3)7-6-14(15)18/h4-5,8,13-14H,6-7,9H2,1-3H3/t13-,14-,16-/m0/s1. The lowest BCUT2D eigenvalue weighted by atomic mass is 9.59. The average molecular weight is 388 g/mol. The molecule has 3 atom stereocenters. The van der Waals surface area contributed by atoms with Gasteiger partial charge >= 0.3 is 0 Å². The van der Waals surface area contributed by atoms with Crippen LogP contribution in [-0.4, -0.2) is 10.4 Å². The maximum Gasteiger partial charge on any atom is 0.123 e. The highest BCUT2D eigenvalue weighted by molar-refractivity contribution is 9.10. The molecule has 1 fully saturated rings. The molecule has 0 unspecified atom stereocenters. The van der Waals surface area contributed by atoms with E-state index < -0.39 is 0 Å². The fourth-order valence-corrected chi connectivity index (χ4v) is 4.80. The van der Waals surface area contributed by atoms with Gasteiger partial charge in [0.1, 0.15) is 11.4 Å². The van der Waals surface area contributed by atoms with Crippen molar-refractivity contribution in [2.75, 3.05) is 0 Å². The number of alkyl halides is 1. The molecule has 1 aromatic carbocycles. The summed E-state index contributed by atoms with van der Waals surface area (Å²) in [6, 6.07) is 6.39. The third kappa shape index (κ3) is 2.17. The number of hydrogen-bond donors (Lipinski definition) is 0. The van der Waals surface area contributed by atoms with Gasteiger partial charge in [-0.1, -0.05) is 45.7 Å². The quantitative estimate of drug-likeness (QED) is 0.545. The number of fused-ring (bicyclic) bond motifs is 2. The molecule has 3 rings (SSSR count). The summed E-state index contributed by atoms with van der Waals surface area (Å²) >= 11 is 7.45. The number of rotatable bonds is 0. The topological polar surface area (TPSA) is 9.23 Å². The molecule has 1 aliphatic carbocycles. The molecule has 0 saturated heterocycles. The molecule has 0 radical (unpaired) electrons. The van der Waals surface area contributed by atoms with E-state index in [1.807, 2.05) is 0 Å². The molecule has 1 aromatic rings. The number of halogens is 2. The van der Waals surface area contributed by atoms with E-state index in [1.54, 1.807) is 0 Å². The van der Waals surface area contributed by atoms with Crippen LogP contribution in [0.2, 0.25) is 0 Å². The summed E-state index contributed by atoms with van der Waals surface area (Å²) in [5.74, 6) is 1.63. The van der Waals surface area contributed by atoms with Crippen molar-refractivity contribution in [2.45, 2.75) is 50.5 Å². The molecular formula is C16H20Br2O. The molecule has 1 nitrogen and oxygen atoms in total. The van der Waals surface area contributed by atoms with Crippen LogP contribution in [0.3, 0.4) is 0 Å². The van der Waals surface area contributed by atoms with E-state index in [-0.39, 0.29) is 11.0 Å². The Bertz CT molecular complexity index is 511. The van der Waals surface area contributed by atoms with Crippen LogP contribution in [0.5, 0.6) is 5.75 Å². The van der Waals surface area contributed by atoms with Crippen LogP contribution >= 0.6 is 31.9 Å². The monoisotopic (exact) mass is 386 g/mol. The zero-order valence-electron chi connectivity index (χ0n) is 11.7. The molecule has 0 amide bonds. The number of ether oxygens (including phenoxy) is 1. The van der Waals surface area contributed by atoms with Crippen molar-refractivity contribution < 1.29 is 4.74 Å². The number of benzene rings is 1. The number of hydrogen-bond acceptors (Lipinski definition) is 1. The van der Waals surface area contributed by atoms with Crippen molar-refractivity contribution in [1.29, 1.82) is 0 Å². The van der Waals surface area contributed by atoms with Gasteiger partial charge in [0.2, 0.25) is 0 Å². The molecule has 3 heteroatoms. The van der Waals surface area contributed by atoms with Gasteiger partial charge in [0.05, 0.1) is 0 Å². The first kappa shape index (κ1) is 13.9. The van der Waals surface area contributed by atoms with Crippen LogP contribution < -0.4 is 4.74 Å². The summed E-state index contributed by atoms with van der Waals surface area (Å²) < 4.78 is 7.56. The second-order valence-corrected chi connectivity index (χ2v) is 8.77. The van der Waals surface area contributed by atoms with E-state index in [9.17, 15) is 0 Å². The van der Waals surface area contributed by atoms with Gasteiger partial charge in [-0.15, -0.1) is 0 Å². The van der Waals surface area contributed by atoms with Crippen LogP contribution in [0.25, 0.3) is 0 Å². The highest BCUT2D eigenvalue weighted by atomic mass is 79.9. The molecule has 2 aliphatic rings. The summed E-state index contributed by atoms with van der Waals surface area (Å²) in [6.45, 7) is 7.05. The molecule has 19 heavy (non-hydrogen) atoms. The first-order valence-electron chi connectivity index (χ1n) is 6.94. The van der Waals surface area contributed by atoms with Crippen molar-refractivity contribution >= 4 is 31.9 Å². The van der Waals surface area contributed by atoms with Gasteiger partial charge < -0.3 is 4.74 Å². The predicted octanol–water partition coefficient (Wildman–Crippen LogP) is 5.34. The third-order valence-electron chi connectivity index (χ3n) is 5.13. The van der Waals surface area contributed by atoms with Gasteiger partial charge in [-0.05, 0) is 55.4 Å². The lowest BCUT2D eigenvalue weighted by Gasteiger charge is -2.55. The molecule has 0 spiro atoms. The van der Waals surface area contributed by atoms with Gasteiger partial charge in [-0.25, -0.2) is 0 Å². The van der Waals surface area contributed by atoms with Crippen molar-refractivity contribution in [2.24, 2.45) is 11.3 Å². The molecular weight excluding hydrogens is 368 g/mol. The van der Waals surface area contributed by atoms with Crippen LogP contribution in [0.1, 0.15) is 39.2 Å². The Labute approximate surface area is 132 Å².